The van der Waals surface area contributed by atoms with Crippen molar-refractivity contribution in [3.63, 3.8) is 0 Å². The van der Waals surface area contributed by atoms with Gasteiger partial charge in [-0.3, -0.25) is 4.99 Å². The average molecular weight is 468 g/mol. The quantitative estimate of drug-likeness (QED) is 0.223. The summed E-state index contributed by atoms with van der Waals surface area (Å²) in [6.07, 6.45) is 6.44. The highest BCUT2D eigenvalue weighted by Gasteiger charge is 2.33. The molecular formula is C19H41IN4O. The third-order valence-electron chi connectivity index (χ3n) is 5.45. The van der Waals surface area contributed by atoms with Crippen LogP contribution in [0, 0.1) is 5.41 Å². The largest absolute Gasteiger partial charge is 0.382 e. The van der Waals surface area contributed by atoms with Gasteiger partial charge in [-0.25, -0.2) is 0 Å². The predicted octanol–water partition coefficient (Wildman–Crippen LogP) is 3.49. The molecule has 0 heterocycles. The van der Waals surface area contributed by atoms with E-state index in [-0.39, 0.29) is 29.5 Å². The highest BCUT2D eigenvalue weighted by molar-refractivity contribution is 14.0. The highest BCUT2D eigenvalue weighted by atomic mass is 127. The number of rotatable bonds is 10. The van der Waals surface area contributed by atoms with Gasteiger partial charge in [0.2, 0.25) is 0 Å². The molecule has 0 atom stereocenters. The van der Waals surface area contributed by atoms with Crippen LogP contribution in [0.2, 0.25) is 0 Å². The maximum Gasteiger partial charge on any atom is 0.191 e. The summed E-state index contributed by atoms with van der Waals surface area (Å²) in [7, 11) is 4.22. The van der Waals surface area contributed by atoms with Crippen molar-refractivity contribution in [2.45, 2.75) is 65.3 Å². The van der Waals surface area contributed by atoms with E-state index in [0.29, 0.717) is 5.41 Å². The van der Waals surface area contributed by atoms with Crippen LogP contribution in [0.5, 0.6) is 0 Å². The van der Waals surface area contributed by atoms with Crippen LogP contribution in [-0.4, -0.2) is 63.3 Å². The van der Waals surface area contributed by atoms with Crippen molar-refractivity contribution >= 4 is 29.9 Å². The van der Waals surface area contributed by atoms with Crippen molar-refractivity contribution in [2.75, 3.05) is 46.9 Å². The van der Waals surface area contributed by atoms with Crippen molar-refractivity contribution in [1.82, 2.24) is 15.5 Å². The first-order valence-electron chi connectivity index (χ1n) is 9.62. The maximum atomic E-state index is 5.61. The summed E-state index contributed by atoms with van der Waals surface area (Å²) in [5.74, 6) is 0.940. The number of halogens is 1. The molecule has 0 unspecified atom stereocenters. The van der Waals surface area contributed by atoms with Gasteiger partial charge in [0.1, 0.15) is 0 Å². The van der Waals surface area contributed by atoms with E-state index in [1.165, 1.54) is 25.7 Å². The fourth-order valence-electron chi connectivity index (χ4n) is 3.10. The molecule has 150 valence electrons. The molecule has 0 spiro atoms. The molecule has 1 aliphatic carbocycles. The third kappa shape index (κ3) is 8.91. The van der Waals surface area contributed by atoms with Crippen LogP contribution in [0.25, 0.3) is 0 Å². The van der Waals surface area contributed by atoms with Crippen molar-refractivity contribution in [2.24, 2.45) is 10.4 Å². The smallest absolute Gasteiger partial charge is 0.191 e. The molecule has 0 aromatic carbocycles. The molecule has 0 saturated heterocycles. The van der Waals surface area contributed by atoms with Gasteiger partial charge in [-0.1, -0.05) is 12.8 Å². The molecule has 0 aromatic rings. The first-order valence-corrected chi connectivity index (χ1v) is 9.62. The van der Waals surface area contributed by atoms with Crippen LogP contribution in [-0.2, 0) is 4.74 Å². The lowest BCUT2D eigenvalue weighted by molar-refractivity contribution is 0.105. The van der Waals surface area contributed by atoms with Gasteiger partial charge in [-0.05, 0) is 66.5 Å². The normalized spacial score (nSPS) is 17.5. The number of nitrogens with one attached hydrogen (secondary N) is 2. The minimum absolute atomic E-state index is 0. The zero-order chi connectivity index (χ0) is 18.1. The Morgan fingerprint density at radius 2 is 1.80 bits per heavy atom. The lowest BCUT2D eigenvalue weighted by Crippen LogP contribution is -2.46. The second-order valence-corrected chi connectivity index (χ2v) is 7.91. The second kappa shape index (κ2) is 12.3. The standard InChI is InChI=1S/C19H40N4O.HI/c1-7-20-17(21-15-18(3,4)23(5)6)22-16-19(11-9-10-12-19)13-14-24-8-2;/h7-16H2,1-6H3,(H2,20,21,22);1H. The monoisotopic (exact) mass is 468 g/mol. The fraction of sp³-hybridized carbons (Fsp3) is 0.947. The van der Waals surface area contributed by atoms with Crippen molar-refractivity contribution < 1.29 is 4.74 Å². The van der Waals surface area contributed by atoms with E-state index in [9.17, 15) is 0 Å². The van der Waals surface area contributed by atoms with Crippen LogP contribution in [0.1, 0.15) is 59.8 Å². The SMILES string of the molecule is CCNC(=NCC(C)(C)N(C)C)NCC1(CCOCC)CCCC1.I. The molecule has 0 bridgehead atoms. The Kier molecular flexibility index (Phi) is 12.3. The Morgan fingerprint density at radius 3 is 2.32 bits per heavy atom. The van der Waals surface area contributed by atoms with Crippen LogP contribution >= 0.6 is 24.0 Å². The molecular weight excluding hydrogens is 427 g/mol. The summed E-state index contributed by atoms with van der Waals surface area (Å²) in [5.41, 5.74) is 0.435. The first-order chi connectivity index (χ1) is 11.4. The summed E-state index contributed by atoms with van der Waals surface area (Å²) in [5, 5.41) is 7.00. The van der Waals surface area contributed by atoms with E-state index < -0.39 is 0 Å². The molecule has 1 saturated carbocycles. The van der Waals surface area contributed by atoms with E-state index in [1.54, 1.807) is 0 Å². The van der Waals surface area contributed by atoms with Gasteiger partial charge < -0.3 is 20.3 Å². The zero-order valence-electron chi connectivity index (χ0n) is 17.3. The minimum atomic E-state index is 0. The van der Waals surface area contributed by atoms with Crippen molar-refractivity contribution in [3.8, 4) is 0 Å². The summed E-state index contributed by atoms with van der Waals surface area (Å²) in [6.45, 7) is 13.0. The van der Waals surface area contributed by atoms with Gasteiger partial charge in [0.15, 0.2) is 5.96 Å². The number of hydrogen-bond donors (Lipinski definition) is 2. The fourth-order valence-corrected chi connectivity index (χ4v) is 3.10. The van der Waals surface area contributed by atoms with E-state index in [1.807, 2.05) is 0 Å². The number of aliphatic imine (C=N–C) groups is 1. The van der Waals surface area contributed by atoms with Gasteiger partial charge in [-0.2, -0.15) is 0 Å². The summed E-state index contributed by atoms with van der Waals surface area (Å²) < 4.78 is 5.61. The first kappa shape index (κ1) is 24.9. The minimum Gasteiger partial charge on any atom is -0.382 e. The Hall–Kier alpha value is -0.0800. The number of nitrogens with zero attached hydrogens (tertiary/aromatic N) is 2. The number of hydrogen-bond acceptors (Lipinski definition) is 3. The molecule has 1 fully saturated rings. The Morgan fingerprint density at radius 1 is 1.16 bits per heavy atom. The van der Waals surface area contributed by atoms with Crippen molar-refractivity contribution in [1.29, 1.82) is 0 Å². The molecule has 0 radical (unpaired) electrons. The molecule has 2 N–H and O–H groups in total. The predicted molar refractivity (Wildman–Crippen MR) is 119 cm³/mol. The molecule has 25 heavy (non-hydrogen) atoms. The molecule has 1 aliphatic rings. The number of guanidine groups is 1. The average Bonchev–Trinajstić information content (AvgIpc) is 2.99. The van der Waals surface area contributed by atoms with Gasteiger partial charge in [-0.15, -0.1) is 24.0 Å². The van der Waals surface area contributed by atoms with Gasteiger partial charge in [0, 0.05) is 31.8 Å². The third-order valence-corrected chi connectivity index (χ3v) is 5.45. The topological polar surface area (TPSA) is 48.9 Å². The summed E-state index contributed by atoms with van der Waals surface area (Å²) in [6, 6.07) is 0. The highest BCUT2D eigenvalue weighted by Crippen LogP contribution is 2.40. The van der Waals surface area contributed by atoms with E-state index in [4.69, 9.17) is 9.73 Å². The number of ether oxygens (including phenoxy) is 1. The Balaban J connectivity index is 0.00000576. The van der Waals surface area contributed by atoms with Crippen LogP contribution < -0.4 is 10.6 Å². The zero-order valence-corrected chi connectivity index (χ0v) is 19.6. The van der Waals surface area contributed by atoms with E-state index >= 15 is 0 Å². The maximum absolute atomic E-state index is 5.61. The second-order valence-electron chi connectivity index (χ2n) is 7.91. The molecule has 1 rings (SSSR count). The van der Waals surface area contributed by atoms with Gasteiger partial charge in [0.05, 0.1) is 6.54 Å². The summed E-state index contributed by atoms with van der Waals surface area (Å²) >= 11 is 0. The molecule has 6 heteroatoms. The van der Waals surface area contributed by atoms with Crippen LogP contribution in [0.4, 0.5) is 0 Å². The van der Waals surface area contributed by atoms with E-state index in [0.717, 1.165) is 45.2 Å². The summed E-state index contributed by atoms with van der Waals surface area (Å²) in [4.78, 5) is 7.04. The number of likely N-dealkylation sites (N-methyl/N-ethyl adjacent to an activating group) is 1. The van der Waals surface area contributed by atoms with E-state index in [2.05, 4.69) is 57.3 Å². The van der Waals surface area contributed by atoms with Crippen LogP contribution in [0.3, 0.4) is 0 Å². The molecule has 0 amide bonds. The lowest BCUT2D eigenvalue weighted by Gasteiger charge is -2.32. The Bertz CT molecular complexity index is 380. The molecule has 5 nitrogen and oxygen atoms in total. The van der Waals surface area contributed by atoms with Crippen molar-refractivity contribution in [3.05, 3.63) is 0 Å². The lowest BCUT2D eigenvalue weighted by atomic mass is 9.83. The van der Waals surface area contributed by atoms with Crippen LogP contribution in [0.15, 0.2) is 4.99 Å². The molecule has 0 aromatic heterocycles. The Labute approximate surface area is 172 Å². The van der Waals surface area contributed by atoms with Gasteiger partial charge in [0.25, 0.3) is 0 Å². The van der Waals surface area contributed by atoms with Gasteiger partial charge >= 0.3 is 0 Å². The molecule has 0 aliphatic heterocycles.